The Morgan fingerprint density at radius 1 is 1.14 bits per heavy atom. The summed E-state index contributed by atoms with van der Waals surface area (Å²) in [5.41, 5.74) is 7.37. The van der Waals surface area contributed by atoms with Gasteiger partial charge in [-0.15, -0.1) is 0 Å². The topological polar surface area (TPSA) is 73.6 Å². The van der Waals surface area contributed by atoms with Gasteiger partial charge in [-0.2, -0.15) is 0 Å². The van der Waals surface area contributed by atoms with Gasteiger partial charge in [0.25, 0.3) is 5.91 Å². The molecule has 0 aliphatic heterocycles. The zero-order valence-corrected chi connectivity index (χ0v) is 13.2. The molecule has 0 spiro atoms. The molecule has 0 aliphatic rings. The molecule has 5 nitrogen and oxygen atoms in total. The van der Waals surface area contributed by atoms with Crippen molar-refractivity contribution in [2.24, 2.45) is 0 Å². The quantitative estimate of drug-likeness (QED) is 0.829. The summed E-state index contributed by atoms with van der Waals surface area (Å²) in [6, 6.07) is 10.2. The molecule has 2 aromatic carbocycles. The van der Waals surface area contributed by atoms with Crippen molar-refractivity contribution in [3.63, 3.8) is 0 Å². The molecule has 6 heteroatoms. The second-order valence-electron chi connectivity index (χ2n) is 4.26. The third-order valence-electron chi connectivity index (χ3n) is 2.91. The zero-order chi connectivity index (χ0) is 15.4. The van der Waals surface area contributed by atoms with Crippen molar-refractivity contribution in [2.75, 3.05) is 25.3 Å². The number of nitrogen functional groups attached to an aromatic ring is 1. The van der Waals surface area contributed by atoms with Crippen molar-refractivity contribution >= 4 is 33.2 Å². The maximum Gasteiger partial charge on any atom is 0.259 e. The van der Waals surface area contributed by atoms with E-state index >= 15 is 0 Å². The van der Waals surface area contributed by atoms with Crippen LogP contribution in [-0.2, 0) is 0 Å². The first-order valence-corrected chi connectivity index (χ1v) is 6.93. The molecule has 0 bridgehead atoms. The van der Waals surface area contributed by atoms with Crippen molar-refractivity contribution in [3.8, 4) is 11.5 Å². The van der Waals surface area contributed by atoms with Crippen LogP contribution >= 0.6 is 15.9 Å². The van der Waals surface area contributed by atoms with Crippen molar-refractivity contribution in [1.82, 2.24) is 0 Å². The number of carbonyl (C=O) groups excluding carboxylic acids is 1. The lowest BCUT2D eigenvalue weighted by atomic mass is 10.1. The predicted octanol–water partition coefficient (Wildman–Crippen LogP) is 3.30. The highest BCUT2D eigenvalue weighted by molar-refractivity contribution is 9.10. The van der Waals surface area contributed by atoms with Gasteiger partial charge < -0.3 is 20.5 Å². The Bertz CT molecular complexity index is 674. The van der Waals surface area contributed by atoms with Crippen LogP contribution in [0.4, 0.5) is 11.4 Å². The minimum Gasteiger partial charge on any atom is -0.497 e. The number of methoxy groups -OCH3 is 2. The molecule has 0 atom stereocenters. The van der Waals surface area contributed by atoms with Crippen LogP contribution in [0.5, 0.6) is 11.5 Å². The summed E-state index contributed by atoms with van der Waals surface area (Å²) in [4.78, 5) is 12.3. The SMILES string of the molecule is COc1ccc(C(=O)Nc2ccc(Br)c(N)c2)c(OC)c1. The van der Waals surface area contributed by atoms with Crippen LogP contribution in [0.25, 0.3) is 0 Å². The molecule has 0 fully saturated rings. The number of halogens is 1. The molecule has 1 amide bonds. The van der Waals surface area contributed by atoms with E-state index in [9.17, 15) is 4.79 Å². The van der Waals surface area contributed by atoms with E-state index in [-0.39, 0.29) is 5.91 Å². The number of carbonyl (C=O) groups is 1. The van der Waals surface area contributed by atoms with E-state index in [2.05, 4.69) is 21.2 Å². The van der Waals surface area contributed by atoms with Crippen LogP contribution in [-0.4, -0.2) is 20.1 Å². The third kappa shape index (κ3) is 3.46. The molecule has 3 N–H and O–H groups in total. The Kier molecular flexibility index (Phi) is 4.70. The van der Waals surface area contributed by atoms with E-state index in [0.717, 1.165) is 4.47 Å². The van der Waals surface area contributed by atoms with Crippen LogP contribution in [0.3, 0.4) is 0 Å². The number of nitrogens with two attached hydrogens (primary N) is 1. The van der Waals surface area contributed by atoms with E-state index in [0.29, 0.717) is 28.4 Å². The van der Waals surface area contributed by atoms with E-state index in [1.165, 1.54) is 7.11 Å². The maximum absolute atomic E-state index is 12.3. The van der Waals surface area contributed by atoms with E-state index in [1.54, 1.807) is 43.5 Å². The van der Waals surface area contributed by atoms with Crippen molar-refractivity contribution in [3.05, 3.63) is 46.4 Å². The summed E-state index contributed by atoms with van der Waals surface area (Å²) in [5, 5.41) is 2.78. The van der Waals surface area contributed by atoms with E-state index in [1.807, 2.05) is 0 Å². The smallest absolute Gasteiger partial charge is 0.259 e. The van der Waals surface area contributed by atoms with Crippen molar-refractivity contribution < 1.29 is 14.3 Å². The molecule has 0 saturated carbocycles. The van der Waals surface area contributed by atoms with E-state index in [4.69, 9.17) is 15.2 Å². The van der Waals surface area contributed by atoms with Gasteiger partial charge in [-0.05, 0) is 46.3 Å². The number of rotatable bonds is 4. The lowest BCUT2D eigenvalue weighted by molar-refractivity contribution is 0.102. The number of nitrogens with one attached hydrogen (secondary N) is 1. The maximum atomic E-state index is 12.3. The molecule has 0 radical (unpaired) electrons. The second kappa shape index (κ2) is 6.49. The van der Waals surface area contributed by atoms with Crippen LogP contribution < -0.4 is 20.5 Å². The Hall–Kier alpha value is -2.21. The van der Waals surface area contributed by atoms with Crippen LogP contribution in [0, 0.1) is 0 Å². The highest BCUT2D eigenvalue weighted by Gasteiger charge is 2.13. The normalized spacial score (nSPS) is 10.0. The monoisotopic (exact) mass is 350 g/mol. The van der Waals surface area contributed by atoms with Gasteiger partial charge in [-0.3, -0.25) is 4.79 Å². The number of benzene rings is 2. The summed E-state index contributed by atoms with van der Waals surface area (Å²) < 4.78 is 11.1. The molecule has 0 aliphatic carbocycles. The summed E-state index contributed by atoms with van der Waals surface area (Å²) in [6.45, 7) is 0. The Balaban J connectivity index is 2.25. The van der Waals surface area contributed by atoms with Gasteiger partial charge >= 0.3 is 0 Å². The number of anilines is 2. The minimum atomic E-state index is -0.281. The summed E-state index contributed by atoms with van der Waals surface area (Å²) in [7, 11) is 3.06. The summed E-state index contributed by atoms with van der Waals surface area (Å²) in [5.74, 6) is 0.782. The fourth-order valence-corrected chi connectivity index (χ4v) is 2.05. The average Bonchev–Trinajstić information content (AvgIpc) is 2.50. The van der Waals surface area contributed by atoms with Gasteiger partial charge in [0.15, 0.2) is 0 Å². The number of hydrogen-bond acceptors (Lipinski definition) is 4. The largest absolute Gasteiger partial charge is 0.497 e. The van der Waals surface area contributed by atoms with Gasteiger partial charge in [-0.1, -0.05) is 0 Å². The fraction of sp³-hybridized carbons (Fsp3) is 0.133. The van der Waals surface area contributed by atoms with Crippen molar-refractivity contribution in [1.29, 1.82) is 0 Å². The minimum absolute atomic E-state index is 0.281. The molecule has 0 heterocycles. The number of amides is 1. The molecule has 110 valence electrons. The van der Waals surface area contributed by atoms with Gasteiger partial charge in [-0.25, -0.2) is 0 Å². The molecular weight excluding hydrogens is 336 g/mol. The van der Waals surface area contributed by atoms with Crippen LogP contribution in [0.15, 0.2) is 40.9 Å². The summed E-state index contributed by atoms with van der Waals surface area (Å²) in [6.07, 6.45) is 0. The third-order valence-corrected chi connectivity index (χ3v) is 3.63. The Morgan fingerprint density at radius 2 is 1.90 bits per heavy atom. The first kappa shape index (κ1) is 15.2. The first-order chi connectivity index (χ1) is 10.0. The van der Waals surface area contributed by atoms with Gasteiger partial charge in [0.1, 0.15) is 11.5 Å². The van der Waals surface area contributed by atoms with Gasteiger partial charge in [0.2, 0.25) is 0 Å². The first-order valence-electron chi connectivity index (χ1n) is 6.13. The molecular formula is C15H15BrN2O3. The molecule has 0 saturated heterocycles. The lowest BCUT2D eigenvalue weighted by Gasteiger charge is -2.11. The number of hydrogen-bond donors (Lipinski definition) is 2. The zero-order valence-electron chi connectivity index (χ0n) is 11.6. The van der Waals surface area contributed by atoms with Gasteiger partial charge in [0.05, 0.1) is 19.8 Å². The molecule has 0 unspecified atom stereocenters. The fourth-order valence-electron chi connectivity index (χ4n) is 1.81. The standard InChI is InChI=1S/C15H15BrN2O3/c1-20-10-4-5-11(14(8-10)21-2)15(19)18-9-3-6-12(16)13(17)7-9/h3-8H,17H2,1-2H3,(H,18,19). The Morgan fingerprint density at radius 3 is 2.52 bits per heavy atom. The average molecular weight is 351 g/mol. The Labute approximate surface area is 131 Å². The van der Waals surface area contributed by atoms with Gasteiger partial charge in [0, 0.05) is 21.9 Å². The lowest BCUT2D eigenvalue weighted by Crippen LogP contribution is -2.13. The molecule has 2 rings (SSSR count). The summed E-state index contributed by atoms with van der Waals surface area (Å²) >= 11 is 3.31. The van der Waals surface area contributed by atoms with Crippen LogP contribution in [0.2, 0.25) is 0 Å². The molecule has 21 heavy (non-hydrogen) atoms. The number of ether oxygens (including phenoxy) is 2. The van der Waals surface area contributed by atoms with Crippen molar-refractivity contribution in [2.45, 2.75) is 0 Å². The molecule has 0 aromatic heterocycles. The second-order valence-corrected chi connectivity index (χ2v) is 5.11. The highest BCUT2D eigenvalue weighted by atomic mass is 79.9. The molecule has 2 aromatic rings. The van der Waals surface area contributed by atoms with Crippen LogP contribution in [0.1, 0.15) is 10.4 Å². The van der Waals surface area contributed by atoms with E-state index < -0.39 is 0 Å². The highest BCUT2D eigenvalue weighted by Crippen LogP contribution is 2.27. The predicted molar refractivity (Wildman–Crippen MR) is 86.1 cm³/mol.